The molecule has 0 aliphatic carbocycles. The molecule has 0 bridgehead atoms. The van der Waals surface area contributed by atoms with Crippen LogP contribution in [0.4, 0.5) is 18.9 Å². The van der Waals surface area contributed by atoms with E-state index in [0.717, 1.165) is 29.0 Å². The monoisotopic (exact) mass is 365 g/mol. The van der Waals surface area contributed by atoms with Gasteiger partial charge in [0, 0.05) is 5.69 Å². The molecule has 0 fully saturated rings. The average Bonchev–Trinajstić information content (AvgIpc) is 2.97. The molecule has 0 spiro atoms. The van der Waals surface area contributed by atoms with Crippen LogP contribution in [-0.2, 0) is 16.7 Å². The quantitative estimate of drug-likeness (QED) is 0.702. The summed E-state index contributed by atoms with van der Waals surface area (Å²) in [4.78, 5) is 19.4. The summed E-state index contributed by atoms with van der Waals surface area (Å²) in [5, 5.41) is 2.48. The van der Waals surface area contributed by atoms with Crippen LogP contribution in [0, 0.1) is 0 Å². The van der Waals surface area contributed by atoms with Crippen molar-refractivity contribution in [3.63, 3.8) is 0 Å². The van der Waals surface area contributed by atoms with Crippen molar-refractivity contribution in [2.24, 2.45) is 0 Å². The summed E-state index contributed by atoms with van der Waals surface area (Å²) in [7, 11) is 0. The molecule has 130 valence electrons. The second-order valence-electron chi connectivity index (χ2n) is 5.32. The van der Waals surface area contributed by atoms with E-state index in [0.29, 0.717) is 5.75 Å². The Balaban J connectivity index is 1.53. The molecule has 0 atom stereocenters. The van der Waals surface area contributed by atoms with Crippen molar-refractivity contribution in [1.29, 1.82) is 0 Å². The summed E-state index contributed by atoms with van der Waals surface area (Å²) in [6.45, 7) is 0. The minimum absolute atomic E-state index is 0.118. The lowest BCUT2D eigenvalue weighted by atomic mass is 10.2. The summed E-state index contributed by atoms with van der Waals surface area (Å²) in [6.07, 6.45) is -4.43. The van der Waals surface area contributed by atoms with Crippen LogP contribution in [0.25, 0.3) is 11.0 Å². The van der Waals surface area contributed by atoms with E-state index < -0.39 is 11.7 Å². The van der Waals surface area contributed by atoms with Crippen LogP contribution >= 0.6 is 11.8 Å². The molecule has 0 aliphatic rings. The standard InChI is InChI=1S/C17H14F3N3OS/c18-17(19,20)11-4-3-5-12(8-11)21-16(24)10-25-9-15-22-13-6-1-2-7-14(13)23-15/h1-8H,9-10H2,(H,21,24)(H,22,23). The van der Waals surface area contributed by atoms with Crippen LogP contribution in [0.5, 0.6) is 0 Å². The molecule has 2 aromatic carbocycles. The Kier molecular flexibility index (Phi) is 4.98. The fourth-order valence-corrected chi connectivity index (χ4v) is 2.97. The lowest BCUT2D eigenvalue weighted by molar-refractivity contribution is -0.137. The van der Waals surface area contributed by atoms with Gasteiger partial charge < -0.3 is 10.3 Å². The molecule has 4 nitrogen and oxygen atoms in total. The van der Waals surface area contributed by atoms with Crippen molar-refractivity contribution in [2.75, 3.05) is 11.1 Å². The number of thioether (sulfide) groups is 1. The number of anilines is 1. The van der Waals surface area contributed by atoms with Crippen molar-refractivity contribution < 1.29 is 18.0 Å². The number of hydrogen-bond acceptors (Lipinski definition) is 3. The first-order valence-electron chi connectivity index (χ1n) is 7.40. The molecular formula is C17H14F3N3OS. The largest absolute Gasteiger partial charge is 0.416 e. The minimum atomic E-state index is -4.43. The predicted octanol–water partition coefficient (Wildman–Crippen LogP) is 4.45. The molecular weight excluding hydrogens is 351 g/mol. The number of para-hydroxylation sites is 2. The van der Waals surface area contributed by atoms with Gasteiger partial charge in [0.15, 0.2) is 0 Å². The third kappa shape index (κ3) is 4.54. The second kappa shape index (κ2) is 7.18. The average molecular weight is 365 g/mol. The SMILES string of the molecule is O=C(CSCc1nc2ccccc2[nH]1)Nc1cccc(C(F)(F)F)c1. The van der Waals surface area contributed by atoms with E-state index in [9.17, 15) is 18.0 Å². The van der Waals surface area contributed by atoms with E-state index in [1.54, 1.807) is 0 Å². The molecule has 1 heterocycles. The molecule has 3 rings (SSSR count). The molecule has 25 heavy (non-hydrogen) atoms. The molecule has 0 radical (unpaired) electrons. The van der Waals surface area contributed by atoms with Gasteiger partial charge in [0.25, 0.3) is 0 Å². The normalized spacial score (nSPS) is 11.6. The number of halogens is 3. The number of hydrogen-bond donors (Lipinski definition) is 2. The third-order valence-corrected chi connectivity index (χ3v) is 4.33. The molecule has 1 amide bonds. The van der Waals surface area contributed by atoms with Crippen molar-refractivity contribution in [1.82, 2.24) is 9.97 Å². The lowest BCUT2D eigenvalue weighted by Crippen LogP contribution is -2.15. The Morgan fingerprint density at radius 2 is 1.96 bits per heavy atom. The predicted molar refractivity (Wildman–Crippen MR) is 92.3 cm³/mol. The van der Waals surface area contributed by atoms with Crippen LogP contribution in [0.3, 0.4) is 0 Å². The van der Waals surface area contributed by atoms with Gasteiger partial charge in [0.2, 0.25) is 5.91 Å². The highest BCUT2D eigenvalue weighted by molar-refractivity contribution is 7.99. The number of carbonyl (C=O) groups is 1. The number of nitrogens with one attached hydrogen (secondary N) is 2. The minimum Gasteiger partial charge on any atom is -0.341 e. The summed E-state index contributed by atoms with van der Waals surface area (Å²) in [5.74, 6) is 1.01. The van der Waals surface area contributed by atoms with E-state index in [2.05, 4.69) is 15.3 Å². The highest BCUT2D eigenvalue weighted by atomic mass is 32.2. The molecule has 1 aromatic heterocycles. The first-order chi connectivity index (χ1) is 11.9. The number of aromatic nitrogens is 2. The van der Waals surface area contributed by atoms with Crippen molar-refractivity contribution >= 4 is 34.4 Å². The Morgan fingerprint density at radius 1 is 1.16 bits per heavy atom. The number of benzene rings is 2. The van der Waals surface area contributed by atoms with E-state index in [4.69, 9.17) is 0 Å². The van der Waals surface area contributed by atoms with Gasteiger partial charge in [-0.15, -0.1) is 11.8 Å². The fraction of sp³-hybridized carbons (Fsp3) is 0.176. The first kappa shape index (κ1) is 17.3. The number of H-pyrrole nitrogens is 1. The van der Waals surface area contributed by atoms with E-state index >= 15 is 0 Å². The van der Waals surface area contributed by atoms with Gasteiger partial charge in [-0.3, -0.25) is 4.79 Å². The number of aromatic amines is 1. The summed E-state index contributed by atoms with van der Waals surface area (Å²) >= 11 is 1.33. The van der Waals surface area contributed by atoms with Gasteiger partial charge in [-0.1, -0.05) is 18.2 Å². The molecule has 0 aliphatic heterocycles. The van der Waals surface area contributed by atoms with Crippen LogP contribution in [0.2, 0.25) is 0 Å². The van der Waals surface area contributed by atoms with E-state index in [1.165, 1.54) is 23.9 Å². The van der Waals surface area contributed by atoms with E-state index in [-0.39, 0.29) is 17.3 Å². The topological polar surface area (TPSA) is 57.8 Å². The smallest absolute Gasteiger partial charge is 0.341 e. The van der Waals surface area contributed by atoms with Gasteiger partial charge in [-0.25, -0.2) is 4.98 Å². The molecule has 8 heteroatoms. The zero-order valence-electron chi connectivity index (χ0n) is 12.9. The van der Waals surface area contributed by atoms with Gasteiger partial charge >= 0.3 is 6.18 Å². The Labute approximate surface area is 145 Å². The molecule has 0 unspecified atom stereocenters. The van der Waals surface area contributed by atoms with Crippen LogP contribution in [0.15, 0.2) is 48.5 Å². The zero-order chi connectivity index (χ0) is 17.9. The maximum absolute atomic E-state index is 12.7. The van der Waals surface area contributed by atoms with Gasteiger partial charge in [-0.2, -0.15) is 13.2 Å². The van der Waals surface area contributed by atoms with Crippen LogP contribution in [-0.4, -0.2) is 21.6 Å². The number of nitrogens with zero attached hydrogens (tertiary/aromatic N) is 1. The first-order valence-corrected chi connectivity index (χ1v) is 8.56. The molecule has 2 N–H and O–H groups in total. The van der Waals surface area contributed by atoms with E-state index in [1.807, 2.05) is 24.3 Å². The second-order valence-corrected chi connectivity index (χ2v) is 6.31. The van der Waals surface area contributed by atoms with Crippen LogP contribution < -0.4 is 5.32 Å². The Hall–Kier alpha value is -2.48. The maximum Gasteiger partial charge on any atom is 0.416 e. The zero-order valence-corrected chi connectivity index (χ0v) is 13.7. The van der Waals surface area contributed by atoms with Crippen LogP contribution in [0.1, 0.15) is 11.4 Å². The summed E-state index contributed by atoms with van der Waals surface area (Å²) in [6, 6.07) is 12.2. The summed E-state index contributed by atoms with van der Waals surface area (Å²) < 4.78 is 38.0. The highest BCUT2D eigenvalue weighted by Gasteiger charge is 2.30. The Morgan fingerprint density at radius 3 is 2.72 bits per heavy atom. The number of imidazole rings is 1. The van der Waals surface area contributed by atoms with Gasteiger partial charge in [0.1, 0.15) is 5.82 Å². The van der Waals surface area contributed by atoms with Gasteiger partial charge in [-0.05, 0) is 30.3 Å². The molecule has 0 saturated heterocycles. The summed E-state index contributed by atoms with van der Waals surface area (Å²) in [5.41, 5.74) is 1.11. The maximum atomic E-state index is 12.7. The van der Waals surface area contributed by atoms with Crippen molar-refractivity contribution in [2.45, 2.75) is 11.9 Å². The number of fused-ring (bicyclic) bond motifs is 1. The van der Waals surface area contributed by atoms with Gasteiger partial charge in [0.05, 0.1) is 28.1 Å². The fourth-order valence-electron chi connectivity index (χ4n) is 2.28. The Bertz CT molecular complexity index is 859. The molecule has 3 aromatic rings. The van der Waals surface area contributed by atoms with Crippen molar-refractivity contribution in [3.8, 4) is 0 Å². The highest BCUT2D eigenvalue weighted by Crippen LogP contribution is 2.30. The number of rotatable bonds is 5. The number of alkyl halides is 3. The number of carbonyl (C=O) groups excluding carboxylic acids is 1. The molecule has 0 saturated carbocycles. The number of amides is 1. The van der Waals surface area contributed by atoms with Crippen molar-refractivity contribution in [3.05, 3.63) is 59.9 Å². The third-order valence-electron chi connectivity index (χ3n) is 3.38. The lowest BCUT2D eigenvalue weighted by Gasteiger charge is -2.09.